The average Bonchev–Trinajstić information content (AvgIpc) is 3.38. The number of alkyl halides is 3. The van der Waals surface area contributed by atoms with E-state index in [9.17, 15) is 27.6 Å². The Bertz CT molecular complexity index is 1360. The fourth-order valence-electron chi connectivity index (χ4n) is 4.71. The Hall–Kier alpha value is -3.36. The number of carbonyl (C=O) groups is 3. The Morgan fingerprint density at radius 2 is 0.852 bits per heavy atom. The van der Waals surface area contributed by atoms with E-state index in [0.717, 1.165) is 24.7 Å². The summed E-state index contributed by atoms with van der Waals surface area (Å²) in [6.07, 6.45) is 18.4. The second kappa shape index (κ2) is 80.9. The van der Waals surface area contributed by atoms with Crippen molar-refractivity contribution in [3.63, 3.8) is 0 Å². The number of benzene rings is 2. The van der Waals surface area contributed by atoms with Gasteiger partial charge in [0.1, 0.15) is 0 Å². The Balaban J connectivity index is -0.0000000747. The summed E-state index contributed by atoms with van der Waals surface area (Å²) >= 11 is 0. The molecule has 0 heterocycles. The topological polar surface area (TPSA) is 78.9 Å². The molecule has 1 atom stereocenters. The highest BCUT2D eigenvalue weighted by Gasteiger charge is 2.16. The van der Waals surface area contributed by atoms with Gasteiger partial charge < -0.3 is 14.2 Å². The number of hydrogen-bond acceptors (Lipinski definition) is 6. The van der Waals surface area contributed by atoms with E-state index in [1.807, 2.05) is 33.8 Å². The predicted octanol–water partition coefficient (Wildman–Crippen LogP) is 25.2. The van der Waals surface area contributed by atoms with Crippen LogP contribution in [0.25, 0.3) is 0 Å². The van der Waals surface area contributed by atoms with Crippen LogP contribution in [0.2, 0.25) is 0 Å². The van der Waals surface area contributed by atoms with E-state index in [2.05, 4.69) is 198 Å². The first-order valence-electron chi connectivity index (χ1n) is 31.8. The maximum absolute atomic E-state index is 11.1. The molecule has 1 fully saturated rings. The minimum atomic E-state index is -4.00. The fourth-order valence-corrected chi connectivity index (χ4v) is 4.71. The van der Waals surface area contributed by atoms with E-state index in [1.54, 1.807) is 20.8 Å². The van der Waals surface area contributed by atoms with Gasteiger partial charge in [-0.05, 0) is 80.2 Å². The molecule has 0 amide bonds. The van der Waals surface area contributed by atoms with Crippen LogP contribution in [0, 0.1) is 28.6 Å². The van der Waals surface area contributed by atoms with Gasteiger partial charge >= 0.3 is 24.1 Å². The molecule has 0 spiro atoms. The van der Waals surface area contributed by atoms with Gasteiger partial charge in [-0.1, -0.05) is 318 Å². The minimum absolute atomic E-state index is 0. The Labute approximate surface area is 507 Å². The summed E-state index contributed by atoms with van der Waals surface area (Å²) in [6, 6.07) is 21.0. The van der Waals surface area contributed by atoms with Gasteiger partial charge in [-0.3, -0.25) is 14.4 Å². The zero-order chi connectivity index (χ0) is 64.9. The number of esters is 3. The summed E-state index contributed by atoms with van der Waals surface area (Å²) in [5.41, 5.74) is 3.90. The summed E-state index contributed by atoms with van der Waals surface area (Å²) in [7, 11) is 0. The lowest BCUT2D eigenvalue weighted by atomic mass is 9.91. The van der Waals surface area contributed by atoms with Crippen molar-refractivity contribution in [3.8, 4) is 0 Å². The quantitative estimate of drug-likeness (QED) is 0.131. The van der Waals surface area contributed by atoms with Crippen molar-refractivity contribution >= 4 is 17.9 Å². The van der Waals surface area contributed by atoms with Gasteiger partial charge in [0.25, 0.3) is 0 Å². The normalized spacial score (nSPS) is 11.1. The summed E-state index contributed by atoms with van der Waals surface area (Å²) in [5.74, 6) is 1.03. The van der Waals surface area contributed by atoms with Crippen LogP contribution in [0.4, 0.5) is 13.2 Å². The van der Waals surface area contributed by atoms with Crippen LogP contribution in [0.5, 0.6) is 0 Å². The minimum Gasteiger partial charge on any atom is -0.466 e. The molecule has 0 radical (unpaired) electrons. The van der Waals surface area contributed by atoms with Crippen LogP contribution < -0.4 is 0 Å². The number of hydrogen-bond donors (Lipinski definition) is 0. The third kappa shape index (κ3) is 154. The van der Waals surface area contributed by atoms with Crippen molar-refractivity contribution in [3.05, 3.63) is 71.8 Å². The molecule has 6 nitrogen and oxygen atoms in total. The largest absolute Gasteiger partial charge is 0.466 e. The van der Waals surface area contributed by atoms with Crippen molar-refractivity contribution in [1.29, 1.82) is 0 Å². The number of carbonyl (C=O) groups excluding carboxylic acids is 3. The summed E-state index contributed by atoms with van der Waals surface area (Å²) in [4.78, 5) is 32.5. The fraction of sp³-hybridized carbons (Fsp3) is 0.792. The molecular weight excluding hydrogens is 1020 g/mol. The molecule has 0 aliphatic heterocycles. The first-order chi connectivity index (χ1) is 37.2. The molecule has 3 rings (SSSR count). The molecule has 1 aliphatic rings. The number of unbranched alkanes of at least 4 members (excludes halogenated alkanes) is 3. The molecule has 490 valence electrons. The van der Waals surface area contributed by atoms with E-state index in [1.165, 1.54) is 101 Å². The van der Waals surface area contributed by atoms with Gasteiger partial charge in [0.05, 0.1) is 25.7 Å². The highest BCUT2D eigenvalue weighted by atomic mass is 19.4. The maximum atomic E-state index is 11.1. The molecule has 2 aromatic rings. The lowest BCUT2D eigenvalue weighted by molar-refractivity contribution is -0.149. The smallest absolute Gasteiger partial charge is 0.386 e. The van der Waals surface area contributed by atoms with Crippen molar-refractivity contribution < 1.29 is 41.8 Å². The van der Waals surface area contributed by atoms with Crippen LogP contribution in [0.3, 0.4) is 0 Å². The highest BCUT2D eigenvalue weighted by molar-refractivity contribution is 5.74. The van der Waals surface area contributed by atoms with Crippen LogP contribution in [-0.4, -0.2) is 43.9 Å². The van der Waals surface area contributed by atoms with Crippen LogP contribution in [0.1, 0.15) is 322 Å². The van der Waals surface area contributed by atoms with Gasteiger partial charge in [-0.2, -0.15) is 13.2 Å². The van der Waals surface area contributed by atoms with Gasteiger partial charge in [-0.15, -0.1) is 0 Å². The maximum Gasteiger partial charge on any atom is 0.386 e. The Kier molecular flexibility index (Phi) is 103. The molecule has 0 N–H and O–H groups in total. The molecule has 81 heavy (non-hydrogen) atoms. The van der Waals surface area contributed by atoms with E-state index >= 15 is 0 Å². The first kappa shape index (κ1) is 103. The second-order valence-electron chi connectivity index (χ2n) is 22.9. The molecule has 0 bridgehead atoms. The molecular formula is C72H145F3O6. The van der Waals surface area contributed by atoms with E-state index < -0.39 is 6.18 Å². The standard InChI is InChI=1S/C10H18O4.C9H12.C8H10.C7H14.C6H12O2.C6H14.2C5H12.2C4H10.C3H8.C2H3F3.C2H6.CH4/c1-4-13-9(11)7-6-8(3)10(12)14-5-2;1-2-6-9-7-4-3-5-8-9;1-2-8-6-4-3-5-7-8;1-7-5-3-2-4-6-7;1-3-5-6(7)8-4-2;1-5-6(2,3)4;1-5(2,3)4;1-3-5-4-2;1-4(2)3;1-3-4-2;1-3-2;1-2(3,4)5;1-2;/h8H,4-7H2,1-3H3;3-5,7-8H,2,6H2,1H3;3-7H,2H2,1H3;7H,2-6H2,1H3;3-5H2,1-2H3;5H2,1-4H3;1-4H3;3-5H2,1-2H3;4H,1-3H3;3-4H2,1-2H3;3H2,1-2H3;1H3;1-2H3;1H4. The molecule has 2 aromatic carbocycles. The van der Waals surface area contributed by atoms with Crippen LogP contribution in [0.15, 0.2) is 60.7 Å². The van der Waals surface area contributed by atoms with Gasteiger partial charge in [0.2, 0.25) is 0 Å². The molecule has 1 aliphatic carbocycles. The van der Waals surface area contributed by atoms with Gasteiger partial charge in [-0.25, -0.2) is 0 Å². The third-order valence-corrected chi connectivity index (χ3v) is 9.33. The molecule has 1 saturated carbocycles. The number of halogens is 3. The van der Waals surface area contributed by atoms with Crippen molar-refractivity contribution in [1.82, 2.24) is 0 Å². The zero-order valence-electron chi connectivity index (χ0n) is 58.6. The van der Waals surface area contributed by atoms with E-state index in [4.69, 9.17) is 9.47 Å². The Morgan fingerprint density at radius 1 is 0.531 bits per heavy atom. The average molecular weight is 1160 g/mol. The van der Waals surface area contributed by atoms with Crippen LogP contribution in [-0.2, 0) is 41.4 Å². The predicted molar refractivity (Wildman–Crippen MR) is 359 cm³/mol. The molecule has 0 aromatic heterocycles. The SMILES string of the molecule is C.CC.CC(C)(C)C.CC(C)C.CC(F)(F)F.CC1CCCCC1.CCC.CCC(C)(C)C.CCCC.CCCC(=O)OCC.CCCCC.CCCc1ccccc1.CCOC(=O)CCC(C)C(=O)OCC.CCc1ccccc1. The summed E-state index contributed by atoms with van der Waals surface area (Å²) < 4.78 is 45.3. The first-order valence-corrected chi connectivity index (χ1v) is 31.8. The van der Waals surface area contributed by atoms with Crippen molar-refractivity contribution in [2.24, 2.45) is 28.6 Å². The number of aryl methyl sites for hydroxylation is 2. The summed E-state index contributed by atoms with van der Waals surface area (Å²) in [5, 5.41) is 0. The molecule has 1 unspecified atom stereocenters. The lowest BCUT2D eigenvalue weighted by Gasteiger charge is -2.15. The lowest BCUT2D eigenvalue weighted by Crippen LogP contribution is -2.16. The Morgan fingerprint density at radius 3 is 1.06 bits per heavy atom. The zero-order valence-corrected chi connectivity index (χ0v) is 58.6. The van der Waals surface area contributed by atoms with E-state index in [-0.39, 0.29) is 44.6 Å². The van der Waals surface area contributed by atoms with Crippen molar-refractivity contribution in [2.75, 3.05) is 19.8 Å². The van der Waals surface area contributed by atoms with Gasteiger partial charge in [0.15, 0.2) is 0 Å². The third-order valence-electron chi connectivity index (χ3n) is 9.33. The van der Waals surface area contributed by atoms with E-state index in [0.29, 0.717) is 43.5 Å². The molecule has 9 heteroatoms. The monoisotopic (exact) mass is 1160 g/mol. The number of ether oxygens (including phenoxy) is 3. The number of rotatable bonds is 15. The van der Waals surface area contributed by atoms with Crippen molar-refractivity contribution in [2.45, 2.75) is 329 Å². The second-order valence-corrected chi connectivity index (χ2v) is 22.9. The van der Waals surface area contributed by atoms with Crippen LogP contribution >= 0.6 is 0 Å². The highest BCUT2D eigenvalue weighted by Crippen LogP contribution is 2.22. The summed E-state index contributed by atoms with van der Waals surface area (Å²) in [6.45, 7) is 58.4. The molecule has 0 saturated heterocycles. The van der Waals surface area contributed by atoms with Gasteiger partial charge in [0, 0.05) is 19.8 Å².